The third kappa shape index (κ3) is 4.90. The molecule has 3 aromatic carbocycles. The molecule has 1 saturated heterocycles. The van der Waals surface area contributed by atoms with Crippen molar-refractivity contribution >= 4 is 61.2 Å². The van der Waals surface area contributed by atoms with E-state index in [-0.39, 0.29) is 23.8 Å². The van der Waals surface area contributed by atoms with Gasteiger partial charge in [0, 0.05) is 39.6 Å². The Balaban J connectivity index is 1.45. The highest BCUT2D eigenvalue weighted by Gasteiger charge is 2.48. The van der Waals surface area contributed by atoms with Crippen LogP contribution in [0.15, 0.2) is 76.0 Å². The van der Waals surface area contributed by atoms with Crippen molar-refractivity contribution in [2.45, 2.75) is 36.0 Å². The Morgan fingerprint density at radius 3 is 2.55 bits per heavy atom. The van der Waals surface area contributed by atoms with Crippen LogP contribution >= 0.6 is 11.8 Å². The molecule has 1 unspecified atom stereocenters. The number of hydrogen-bond acceptors (Lipinski definition) is 7. The van der Waals surface area contributed by atoms with Gasteiger partial charge in [-0.05, 0) is 49.7 Å². The standard InChI is InChI=1S/C27H27N3O6S2/c1-27(2)25(26(32)29-33)30(12-13-37-27)38(34,35)19-9-11-22-21(16-19)20-10-8-18(15-23(20)36-22)28-24(31)14-17-6-4-3-5-7-17/h3-11,15-16,25,33H,12-14H2,1-2H3,(H,28,31)(H,29,32). The lowest BCUT2D eigenvalue weighted by molar-refractivity contribution is -0.134. The molecule has 38 heavy (non-hydrogen) atoms. The van der Waals surface area contributed by atoms with Gasteiger partial charge >= 0.3 is 0 Å². The first-order chi connectivity index (χ1) is 18.1. The molecule has 11 heteroatoms. The van der Waals surface area contributed by atoms with Crippen molar-refractivity contribution in [2.75, 3.05) is 17.6 Å². The van der Waals surface area contributed by atoms with E-state index in [0.29, 0.717) is 33.4 Å². The molecule has 1 aliphatic heterocycles. The van der Waals surface area contributed by atoms with Gasteiger partial charge in [0.25, 0.3) is 5.91 Å². The number of thioether (sulfide) groups is 1. The molecule has 9 nitrogen and oxygen atoms in total. The number of hydroxylamine groups is 1. The van der Waals surface area contributed by atoms with Crippen LogP contribution in [-0.4, -0.2) is 52.8 Å². The number of carbonyl (C=O) groups is 2. The Bertz CT molecular complexity index is 1630. The van der Waals surface area contributed by atoms with Gasteiger partial charge in [-0.1, -0.05) is 30.3 Å². The topological polar surface area (TPSA) is 129 Å². The van der Waals surface area contributed by atoms with Crippen LogP contribution in [0, 0.1) is 0 Å². The van der Waals surface area contributed by atoms with Gasteiger partial charge in [0.2, 0.25) is 15.9 Å². The molecule has 2 amide bonds. The summed E-state index contributed by atoms with van der Waals surface area (Å²) in [6.45, 7) is 3.69. The summed E-state index contributed by atoms with van der Waals surface area (Å²) in [5, 5.41) is 13.4. The van der Waals surface area contributed by atoms with E-state index in [9.17, 15) is 23.2 Å². The molecule has 1 aliphatic rings. The predicted molar refractivity (Wildman–Crippen MR) is 147 cm³/mol. The number of hydrogen-bond donors (Lipinski definition) is 3. The maximum atomic E-state index is 13.7. The Hall–Kier alpha value is -3.38. The monoisotopic (exact) mass is 553 g/mol. The number of benzene rings is 3. The summed E-state index contributed by atoms with van der Waals surface area (Å²) in [5.74, 6) is -0.427. The van der Waals surface area contributed by atoms with E-state index < -0.39 is 26.7 Å². The van der Waals surface area contributed by atoms with Crippen molar-refractivity contribution in [3.63, 3.8) is 0 Å². The van der Waals surface area contributed by atoms with Crippen LogP contribution in [0.3, 0.4) is 0 Å². The van der Waals surface area contributed by atoms with Crippen LogP contribution in [0.5, 0.6) is 0 Å². The van der Waals surface area contributed by atoms with E-state index in [4.69, 9.17) is 4.42 Å². The normalized spacial score (nSPS) is 17.9. The molecule has 1 atom stereocenters. The zero-order chi connectivity index (χ0) is 27.1. The van der Waals surface area contributed by atoms with Crippen LogP contribution in [0.25, 0.3) is 21.9 Å². The summed E-state index contributed by atoms with van der Waals surface area (Å²) < 4.78 is 33.8. The molecule has 198 valence electrons. The summed E-state index contributed by atoms with van der Waals surface area (Å²) in [6.07, 6.45) is 0.237. The average Bonchev–Trinajstić information content (AvgIpc) is 3.25. The highest BCUT2D eigenvalue weighted by atomic mass is 32.2. The minimum Gasteiger partial charge on any atom is -0.456 e. The van der Waals surface area contributed by atoms with Gasteiger partial charge < -0.3 is 9.73 Å². The van der Waals surface area contributed by atoms with Crippen LogP contribution in [-0.2, 0) is 26.0 Å². The summed E-state index contributed by atoms with van der Waals surface area (Å²) in [4.78, 5) is 25.0. The Morgan fingerprint density at radius 2 is 1.82 bits per heavy atom. The van der Waals surface area contributed by atoms with E-state index in [1.54, 1.807) is 43.6 Å². The lowest BCUT2D eigenvalue weighted by Crippen LogP contribution is -2.61. The number of furan rings is 1. The van der Waals surface area contributed by atoms with Crippen molar-refractivity contribution in [1.29, 1.82) is 0 Å². The van der Waals surface area contributed by atoms with Gasteiger partial charge in [-0.25, -0.2) is 13.9 Å². The van der Waals surface area contributed by atoms with E-state index >= 15 is 0 Å². The van der Waals surface area contributed by atoms with E-state index in [1.807, 2.05) is 30.3 Å². The molecule has 1 aromatic heterocycles. The molecule has 2 heterocycles. The highest BCUT2D eigenvalue weighted by Crippen LogP contribution is 2.39. The number of nitrogens with zero attached hydrogens (tertiary/aromatic N) is 1. The minimum absolute atomic E-state index is 0.0198. The second-order valence-electron chi connectivity index (χ2n) is 9.63. The van der Waals surface area contributed by atoms with E-state index in [1.165, 1.54) is 23.9 Å². The Labute approximate surface area is 224 Å². The second kappa shape index (κ2) is 10.1. The molecule has 1 fully saturated rings. The second-order valence-corrected chi connectivity index (χ2v) is 13.3. The number of rotatable bonds is 6. The summed E-state index contributed by atoms with van der Waals surface area (Å²) in [7, 11) is -4.08. The zero-order valence-electron chi connectivity index (χ0n) is 20.8. The maximum Gasteiger partial charge on any atom is 0.263 e. The molecule has 3 N–H and O–H groups in total. The first-order valence-corrected chi connectivity index (χ1v) is 14.4. The van der Waals surface area contributed by atoms with Gasteiger partial charge in [-0.3, -0.25) is 14.8 Å². The van der Waals surface area contributed by atoms with Crippen molar-refractivity contribution in [1.82, 2.24) is 9.79 Å². The van der Waals surface area contributed by atoms with Crippen LogP contribution in [0.4, 0.5) is 5.69 Å². The lowest BCUT2D eigenvalue weighted by Gasteiger charge is -2.43. The van der Waals surface area contributed by atoms with Crippen molar-refractivity contribution in [2.24, 2.45) is 0 Å². The molecule has 4 aromatic rings. The first kappa shape index (κ1) is 26.2. The fourth-order valence-electron chi connectivity index (χ4n) is 4.84. The minimum atomic E-state index is -4.08. The smallest absolute Gasteiger partial charge is 0.263 e. The third-order valence-corrected chi connectivity index (χ3v) is 9.85. The molecule has 0 radical (unpaired) electrons. The average molecular weight is 554 g/mol. The molecule has 0 saturated carbocycles. The number of nitrogens with one attached hydrogen (secondary N) is 2. The number of amides is 2. The highest BCUT2D eigenvalue weighted by molar-refractivity contribution is 8.01. The predicted octanol–water partition coefficient (Wildman–Crippen LogP) is 4.16. The zero-order valence-corrected chi connectivity index (χ0v) is 22.4. The summed E-state index contributed by atoms with van der Waals surface area (Å²) in [5.41, 5.74) is 4.08. The summed E-state index contributed by atoms with van der Waals surface area (Å²) in [6, 6.07) is 18.1. The van der Waals surface area contributed by atoms with Crippen LogP contribution < -0.4 is 10.8 Å². The summed E-state index contributed by atoms with van der Waals surface area (Å²) >= 11 is 1.48. The van der Waals surface area contributed by atoms with Crippen LogP contribution in [0.1, 0.15) is 19.4 Å². The lowest BCUT2D eigenvalue weighted by atomic mass is 10.0. The SMILES string of the molecule is CC1(C)SCCN(S(=O)(=O)c2ccc3oc4cc(NC(=O)Cc5ccccc5)ccc4c3c2)C1C(=O)NO. The van der Waals surface area contributed by atoms with Crippen LogP contribution in [0.2, 0.25) is 0 Å². The number of sulfonamides is 1. The maximum absolute atomic E-state index is 13.7. The number of carbonyl (C=O) groups excluding carboxylic acids is 2. The molecular weight excluding hydrogens is 526 g/mol. The molecule has 0 bridgehead atoms. The molecular formula is C27H27N3O6S2. The van der Waals surface area contributed by atoms with Gasteiger partial charge in [0.05, 0.1) is 11.3 Å². The van der Waals surface area contributed by atoms with E-state index in [2.05, 4.69) is 5.32 Å². The van der Waals surface area contributed by atoms with Crippen molar-refractivity contribution in [3.8, 4) is 0 Å². The molecule has 0 spiro atoms. The van der Waals surface area contributed by atoms with Gasteiger partial charge in [0.15, 0.2) is 0 Å². The Kier molecular flexibility index (Phi) is 6.95. The van der Waals surface area contributed by atoms with Crippen molar-refractivity contribution in [3.05, 3.63) is 72.3 Å². The van der Waals surface area contributed by atoms with E-state index in [0.717, 1.165) is 9.87 Å². The first-order valence-electron chi connectivity index (χ1n) is 12.0. The molecule has 0 aliphatic carbocycles. The Morgan fingerprint density at radius 1 is 1.05 bits per heavy atom. The van der Waals surface area contributed by atoms with Gasteiger partial charge in [-0.15, -0.1) is 0 Å². The third-order valence-electron chi connectivity index (χ3n) is 6.63. The van der Waals surface area contributed by atoms with Gasteiger partial charge in [-0.2, -0.15) is 16.1 Å². The number of fused-ring (bicyclic) bond motifs is 3. The van der Waals surface area contributed by atoms with Crippen molar-refractivity contribution < 1.29 is 27.6 Å². The fourth-order valence-corrected chi connectivity index (χ4v) is 7.97. The number of anilines is 1. The quantitative estimate of drug-likeness (QED) is 0.242. The molecule has 5 rings (SSSR count). The fraction of sp³-hybridized carbons (Fsp3) is 0.259. The largest absolute Gasteiger partial charge is 0.456 e. The van der Waals surface area contributed by atoms with Gasteiger partial charge in [0.1, 0.15) is 17.2 Å².